The minimum Gasteiger partial charge on any atom is -0.494 e. The van der Waals surface area contributed by atoms with Crippen molar-refractivity contribution in [2.45, 2.75) is 19.4 Å². The molecule has 0 spiro atoms. The number of aromatic nitrogens is 4. The van der Waals surface area contributed by atoms with Gasteiger partial charge in [0.05, 0.1) is 18.3 Å². The van der Waals surface area contributed by atoms with E-state index in [0.29, 0.717) is 0 Å². The summed E-state index contributed by atoms with van der Waals surface area (Å²) in [6, 6.07) is 13.2. The molecule has 3 heterocycles. The van der Waals surface area contributed by atoms with Crippen molar-refractivity contribution in [2.24, 2.45) is 13.0 Å². The van der Waals surface area contributed by atoms with E-state index >= 15 is 0 Å². The van der Waals surface area contributed by atoms with E-state index in [1.165, 1.54) is 12.8 Å². The highest BCUT2D eigenvalue weighted by atomic mass is 16.5. The maximum absolute atomic E-state index is 5.51. The van der Waals surface area contributed by atoms with Crippen LogP contribution in [-0.4, -0.2) is 26.2 Å². The maximum Gasteiger partial charge on any atom is 0.157 e. The lowest BCUT2D eigenvalue weighted by molar-refractivity contribution is 0.418. The van der Waals surface area contributed by atoms with Crippen molar-refractivity contribution >= 4 is 22.1 Å². The van der Waals surface area contributed by atoms with Gasteiger partial charge in [-0.1, -0.05) is 0 Å². The number of nitrogens with zero attached hydrogens (tertiary/aromatic N) is 4. The first-order valence-corrected chi connectivity index (χ1v) is 8.61. The van der Waals surface area contributed by atoms with E-state index in [2.05, 4.69) is 32.3 Å². The van der Waals surface area contributed by atoms with Crippen LogP contribution >= 0.6 is 0 Å². The number of fused-ring (bicyclic) bond motifs is 2. The molecule has 0 unspecified atom stereocenters. The van der Waals surface area contributed by atoms with Crippen LogP contribution in [0.4, 0.5) is 0 Å². The Morgan fingerprint density at radius 1 is 1.32 bits per heavy atom. The number of aryl methyl sites for hydroxylation is 1. The van der Waals surface area contributed by atoms with Crippen LogP contribution in [0.2, 0.25) is 0 Å². The molecule has 1 saturated carbocycles. The molecule has 0 aliphatic heterocycles. The van der Waals surface area contributed by atoms with Crippen LogP contribution in [-0.2, 0) is 13.6 Å². The van der Waals surface area contributed by atoms with Gasteiger partial charge in [-0.2, -0.15) is 0 Å². The fourth-order valence-electron chi connectivity index (χ4n) is 3.58. The largest absolute Gasteiger partial charge is 0.494 e. The van der Waals surface area contributed by atoms with Crippen LogP contribution in [0.15, 0.2) is 36.5 Å². The summed E-state index contributed by atoms with van der Waals surface area (Å²) in [7, 11) is 3.73. The highest BCUT2D eigenvalue weighted by Crippen LogP contribution is 2.36. The lowest BCUT2D eigenvalue weighted by Crippen LogP contribution is -2.05. The Bertz CT molecular complexity index is 1090. The molecule has 25 heavy (non-hydrogen) atoms. The molecule has 1 radical (unpaired) electrons. The SMILES string of the molecule is COc1c[c]cc2nc(-c3cc4cccnc4n3CC3CC3)n(C)c12. The van der Waals surface area contributed by atoms with Gasteiger partial charge in [0.1, 0.15) is 16.9 Å². The number of hydrogen-bond acceptors (Lipinski definition) is 3. The summed E-state index contributed by atoms with van der Waals surface area (Å²) in [5.41, 5.74) is 4.04. The molecule has 1 aromatic carbocycles. The molecule has 3 aromatic heterocycles. The van der Waals surface area contributed by atoms with Gasteiger partial charge in [0.2, 0.25) is 0 Å². The van der Waals surface area contributed by atoms with Gasteiger partial charge in [-0.15, -0.1) is 0 Å². The second kappa shape index (κ2) is 5.34. The summed E-state index contributed by atoms with van der Waals surface area (Å²) in [4.78, 5) is 9.50. The van der Waals surface area contributed by atoms with Crippen LogP contribution in [0.25, 0.3) is 33.6 Å². The quantitative estimate of drug-likeness (QED) is 0.571. The number of pyridine rings is 1. The van der Waals surface area contributed by atoms with Gasteiger partial charge >= 0.3 is 0 Å². The highest BCUT2D eigenvalue weighted by Gasteiger charge is 2.26. The molecular formula is C20H19N4O. The normalized spacial score (nSPS) is 14.5. The fraction of sp³-hybridized carbons (Fsp3) is 0.300. The fourth-order valence-corrected chi connectivity index (χ4v) is 3.58. The van der Waals surface area contributed by atoms with Gasteiger partial charge in [-0.3, -0.25) is 0 Å². The Morgan fingerprint density at radius 2 is 2.20 bits per heavy atom. The predicted molar refractivity (Wildman–Crippen MR) is 97.6 cm³/mol. The van der Waals surface area contributed by atoms with E-state index in [-0.39, 0.29) is 0 Å². The predicted octanol–water partition coefficient (Wildman–Crippen LogP) is 3.81. The zero-order chi connectivity index (χ0) is 17.0. The van der Waals surface area contributed by atoms with Gasteiger partial charge < -0.3 is 13.9 Å². The molecule has 0 bridgehead atoms. The molecule has 0 saturated heterocycles. The monoisotopic (exact) mass is 331 g/mol. The Labute approximate surface area is 145 Å². The zero-order valence-corrected chi connectivity index (χ0v) is 14.4. The van der Waals surface area contributed by atoms with Crippen molar-refractivity contribution < 1.29 is 4.74 Å². The summed E-state index contributed by atoms with van der Waals surface area (Å²) >= 11 is 0. The zero-order valence-electron chi connectivity index (χ0n) is 14.4. The highest BCUT2D eigenvalue weighted by molar-refractivity contribution is 5.88. The van der Waals surface area contributed by atoms with Gasteiger partial charge in [0.15, 0.2) is 5.82 Å². The summed E-state index contributed by atoms with van der Waals surface area (Å²) in [6.07, 6.45) is 4.47. The third kappa shape index (κ3) is 2.22. The van der Waals surface area contributed by atoms with Gasteiger partial charge in [0, 0.05) is 25.2 Å². The number of benzene rings is 1. The number of rotatable bonds is 4. The molecule has 125 valence electrons. The summed E-state index contributed by atoms with van der Waals surface area (Å²) in [5.74, 6) is 2.49. The second-order valence-electron chi connectivity index (χ2n) is 6.75. The first-order chi connectivity index (χ1) is 12.3. The molecular weight excluding hydrogens is 312 g/mol. The summed E-state index contributed by atoms with van der Waals surface area (Å²) < 4.78 is 9.94. The molecule has 1 aliphatic carbocycles. The van der Waals surface area contributed by atoms with E-state index in [0.717, 1.165) is 51.8 Å². The van der Waals surface area contributed by atoms with Crippen molar-refractivity contribution in [3.63, 3.8) is 0 Å². The third-order valence-electron chi connectivity index (χ3n) is 5.03. The first-order valence-electron chi connectivity index (χ1n) is 8.61. The molecule has 4 aromatic rings. The van der Waals surface area contributed by atoms with E-state index in [9.17, 15) is 0 Å². The van der Waals surface area contributed by atoms with Gasteiger partial charge in [-0.25, -0.2) is 9.97 Å². The maximum atomic E-state index is 5.51. The van der Waals surface area contributed by atoms with E-state index < -0.39 is 0 Å². The summed E-state index contributed by atoms with van der Waals surface area (Å²) in [5, 5.41) is 1.16. The van der Waals surface area contributed by atoms with Crippen LogP contribution in [0, 0.1) is 12.0 Å². The molecule has 5 heteroatoms. The molecule has 5 rings (SSSR count). The van der Waals surface area contributed by atoms with Gasteiger partial charge in [0.25, 0.3) is 0 Å². The van der Waals surface area contributed by atoms with Crippen molar-refractivity contribution in [1.82, 2.24) is 19.1 Å². The Morgan fingerprint density at radius 3 is 3.00 bits per heavy atom. The topological polar surface area (TPSA) is 44.9 Å². The van der Waals surface area contributed by atoms with E-state index in [1.807, 2.05) is 31.4 Å². The van der Waals surface area contributed by atoms with Crippen LogP contribution in [0.3, 0.4) is 0 Å². The number of hydrogen-bond donors (Lipinski definition) is 0. The molecule has 5 nitrogen and oxygen atoms in total. The first kappa shape index (κ1) is 14.5. The average Bonchev–Trinajstić information content (AvgIpc) is 3.30. The van der Waals surface area contributed by atoms with Crippen LogP contribution in [0.5, 0.6) is 5.75 Å². The van der Waals surface area contributed by atoms with Crippen molar-refractivity contribution in [3.05, 3.63) is 42.6 Å². The Kier molecular flexibility index (Phi) is 3.10. The molecule has 0 amide bonds. The second-order valence-corrected chi connectivity index (χ2v) is 6.75. The molecule has 0 atom stereocenters. The lowest BCUT2D eigenvalue weighted by atomic mass is 10.3. The smallest absolute Gasteiger partial charge is 0.157 e. The van der Waals surface area contributed by atoms with Crippen LogP contribution < -0.4 is 4.74 Å². The van der Waals surface area contributed by atoms with Crippen molar-refractivity contribution in [3.8, 4) is 17.3 Å². The lowest BCUT2D eigenvalue weighted by Gasteiger charge is -2.10. The minimum absolute atomic E-state index is 0.758. The number of imidazole rings is 1. The number of ether oxygens (including phenoxy) is 1. The number of methoxy groups -OCH3 is 1. The Balaban J connectivity index is 1.78. The van der Waals surface area contributed by atoms with Crippen LogP contribution in [0.1, 0.15) is 12.8 Å². The molecule has 0 N–H and O–H groups in total. The van der Waals surface area contributed by atoms with E-state index in [1.54, 1.807) is 7.11 Å². The van der Waals surface area contributed by atoms with Crippen molar-refractivity contribution in [2.75, 3.05) is 7.11 Å². The average molecular weight is 331 g/mol. The molecule has 1 aliphatic rings. The van der Waals surface area contributed by atoms with E-state index in [4.69, 9.17) is 9.72 Å². The standard InChI is InChI=1S/C20H19N4O/c1-23-18-15(6-3-7-17(18)25-2)22-20(23)16-11-14-5-4-10-21-19(14)24(16)12-13-8-9-13/h4-7,10-11,13H,8-9,12H2,1-2H3. The third-order valence-corrected chi connectivity index (χ3v) is 5.03. The summed E-state index contributed by atoms with van der Waals surface area (Å²) in [6.45, 7) is 1.00. The van der Waals surface area contributed by atoms with Crippen molar-refractivity contribution in [1.29, 1.82) is 0 Å². The van der Waals surface area contributed by atoms with Gasteiger partial charge in [-0.05, 0) is 55.2 Å². The molecule has 1 fully saturated rings. The Hall–Kier alpha value is -2.82. The minimum atomic E-state index is 0.758.